The Hall–Kier alpha value is -0.120. The van der Waals surface area contributed by atoms with E-state index in [0.29, 0.717) is 6.04 Å². The lowest BCUT2D eigenvalue weighted by molar-refractivity contribution is 0.118. The number of nitrogens with zero attached hydrogens (tertiary/aromatic N) is 1. The van der Waals surface area contributed by atoms with Gasteiger partial charge in [-0.25, -0.2) is 0 Å². The maximum atomic E-state index is 10.00. The van der Waals surface area contributed by atoms with E-state index in [0.717, 1.165) is 19.0 Å². The third-order valence-electron chi connectivity index (χ3n) is 4.45. The maximum absolute atomic E-state index is 10.00. The lowest BCUT2D eigenvalue weighted by Crippen LogP contribution is -2.42. The first-order valence-electron chi connectivity index (χ1n) is 7.39. The molecular formula is C14H28N2O. The van der Waals surface area contributed by atoms with Gasteiger partial charge in [-0.2, -0.15) is 0 Å². The number of hydrogen-bond acceptors (Lipinski definition) is 3. The molecule has 0 aromatic carbocycles. The van der Waals surface area contributed by atoms with Crippen molar-refractivity contribution in [3.8, 4) is 0 Å². The van der Waals surface area contributed by atoms with Crippen LogP contribution in [0.5, 0.6) is 0 Å². The molecule has 17 heavy (non-hydrogen) atoms. The Labute approximate surface area is 106 Å². The standard InChI is InChI=1S/C14H28N2O/c1-12(13-6-2-3-7-13)15-10-14(17)11-16-8-4-5-9-16/h12-15,17H,2-11H2,1H3. The monoisotopic (exact) mass is 240 g/mol. The molecule has 0 bridgehead atoms. The predicted molar refractivity (Wildman–Crippen MR) is 71.1 cm³/mol. The van der Waals surface area contributed by atoms with E-state index in [2.05, 4.69) is 17.1 Å². The van der Waals surface area contributed by atoms with E-state index in [1.807, 2.05) is 0 Å². The first-order chi connectivity index (χ1) is 8.25. The second-order valence-electron chi connectivity index (χ2n) is 5.90. The Morgan fingerprint density at radius 2 is 1.82 bits per heavy atom. The zero-order chi connectivity index (χ0) is 12.1. The van der Waals surface area contributed by atoms with Crippen molar-refractivity contribution in [2.75, 3.05) is 26.2 Å². The molecule has 1 saturated heterocycles. The zero-order valence-corrected chi connectivity index (χ0v) is 11.2. The maximum Gasteiger partial charge on any atom is 0.0791 e. The van der Waals surface area contributed by atoms with Gasteiger partial charge in [-0.15, -0.1) is 0 Å². The van der Waals surface area contributed by atoms with Crippen LogP contribution in [0, 0.1) is 5.92 Å². The van der Waals surface area contributed by atoms with Crippen molar-refractivity contribution in [2.24, 2.45) is 5.92 Å². The first kappa shape index (κ1) is 13.3. The molecule has 2 atom stereocenters. The molecule has 1 saturated carbocycles. The Morgan fingerprint density at radius 3 is 2.47 bits per heavy atom. The molecule has 0 spiro atoms. The van der Waals surface area contributed by atoms with Crippen molar-refractivity contribution in [3.05, 3.63) is 0 Å². The molecule has 1 aliphatic carbocycles. The van der Waals surface area contributed by atoms with Crippen molar-refractivity contribution in [3.63, 3.8) is 0 Å². The van der Waals surface area contributed by atoms with Crippen LogP contribution in [-0.4, -0.2) is 48.3 Å². The second-order valence-corrected chi connectivity index (χ2v) is 5.90. The summed E-state index contributed by atoms with van der Waals surface area (Å²) in [7, 11) is 0. The lowest BCUT2D eigenvalue weighted by atomic mass is 10.00. The van der Waals surface area contributed by atoms with Crippen LogP contribution < -0.4 is 5.32 Å². The van der Waals surface area contributed by atoms with Crippen LogP contribution in [0.25, 0.3) is 0 Å². The molecule has 2 rings (SSSR count). The number of rotatable bonds is 6. The molecule has 2 N–H and O–H groups in total. The van der Waals surface area contributed by atoms with E-state index >= 15 is 0 Å². The molecule has 2 aliphatic rings. The number of likely N-dealkylation sites (tertiary alicyclic amines) is 1. The quantitative estimate of drug-likeness (QED) is 0.740. The van der Waals surface area contributed by atoms with Gasteiger partial charge in [0.2, 0.25) is 0 Å². The summed E-state index contributed by atoms with van der Waals surface area (Å²) in [5.74, 6) is 0.842. The fourth-order valence-electron chi connectivity index (χ4n) is 3.27. The molecule has 0 amide bonds. The van der Waals surface area contributed by atoms with Gasteiger partial charge in [0.15, 0.2) is 0 Å². The summed E-state index contributed by atoms with van der Waals surface area (Å²) in [6.45, 7) is 6.24. The van der Waals surface area contributed by atoms with Gasteiger partial charge < -0.3 is 15.3 Å². The van der Waals surface area contributed by atoms with Gasteiger partial charge in [-0.1, -0.05) is 12.8 Å². The number of nitrogens with one attached hydrogen (secondary N) is 1. The van der Waals surface area contributed by atoms with Crippen molar-refractivity contribution in [1.29, 1.82) is 0 Å². The highest BCUT2D eigenvalue weighted by atomic mass is 16.3. The average Bonchev–Trinajstić information content (AvgIpc) is 2.97. The summed E-state index contributed by atoms with van der Waals surface area (Å²) in [5.41, 5.74) is 0. The van der Waals surface area contributed by atoms with Crippen molar-refractivity contribution in [1.82, 2.24) is 10.2 Å². The Morgan fingerprint density at radius 1 is 1.18 bits per heavy atom. The van der Waals surface area contributed by atoms with Crippen LogP contribution in [0.3, 0.4) is 0 Å². The molecule has 2 fully saturated rings. The van der Waals surface area contributed by atoms with E-state index in [-0.39, 0.29) is 6.10 Å². The van der Waals surface area contributed by atoms with Crippen molar-refractivity contribution in [2.45, 2.75) is 57.6 Å². The van der Waals surface area contributed by atoms with Crippen LogP contribution in [0.1, 0.15) is 45.4 Å². The predicted octanol–water partition coefficient (Wildman–Crippen LogP) is 1.61. The summed E-state index contributed by atoms with van der Waals surface area (Å²) in [5, 5.41) is 13.5. The van der Waals surface area contributed by atoms with E-state index in [4.69, 9.17) is 0 Å². The number of aliphatic hydroxyl groups is 1. The lowest BCUT2D eigenvalue weighted by Gasteiger charge is -2.24. The SMILES string of the molecule is CC(NCC(O)CN1CCCC1)C1CCCC1. The summed E-state index contributed by atoms with van der Waals surface area (Å²) in [4.78, 5) is 2.38. The molecule has 100 valence electrons. The van der Waals surface area contributed by atoms with Crippen LogP contribution in [-0.2, 0) is 0 Å². The molecule has 1 aliphatic heterocycles. The van der Waals surface area contributed by atoms with Crippen LogP contribution in [0.15, 0.2) is 0 Å². The minimum Gasteiger partial charge on any atom is -0.390 e. The number of hydrogen-bond donors (Lipinski definition) is 2. The van der Waals surface area contributed by atoms with Gasteiger partial charge in [-0.3, -0.25) is 0 Å². The van der Waals surface area contributed by atoms with Crippen LogP contribution in [0.4, 0.5) is 0 Å². The molecule has 0 radical (unpaired) electrons. The smallest absolute Gasteiger partial charge is 0.0791 e. The highest BCUT2D eigenvalue weighted by Gasteiger charge is 2.22. The van der Waals surface area contributed by atoms with Gasteiger partial charge in [0.1, 0.15) is 0 Å². The molecule has 0 aromatic rings. The molecular weight excluding hydrogens is 212 g/mol. The summed E-state index contributed by atoms with van der Waals surface area (Å²) in [6.07, 6.45) is 7.95. The van der Waals surface area contributed by atoms with Gasteiger partial charge in [0.25, 0.3) is 0 Å². The minimum atomic E-state index is -0.197. The first-order valence-corrected chi connectivity index (χ1v) is 7.39. The van der Waals surface area contributed by atoms with Gasteiger partial charge in [0, 0.05) is 19.1 Å². The van der Waals surface area contributed by atoms with E-state index in [9.17, 15) is 5.11 Å². The highest BCUT2D eigenvalue weighted by molar-refractivity contribution is 4.79. The average molecular weight is 240 g/mol. The largest absolute Gasteiger partial charge is 0.390 e. The third kappa shape index (κ3) is 4.23. The molecule has 3 heteroatoms. The Bertz CT molecular complexity index is 210. The third-order valence-corrected chi connectivity index (χ3v) is 4.45. The molecule has 2 unspecified atom stereocenters. The topological polar surface area (TPSA) is 35.5 Å². The number of β-amino-alcohol motifs (C(OH)–C–C–N with tert-alkyl or cyclic N) is 1. The van der Waals surface area contributed by atoms with Crippen molar-refractivity contribution >= 4 is 0 Å². The van der Waals surface area contributed by atoms with Crippen LogP contribution in [0.2, 0.25) is 0 Å². The van der Waals surface area contributed by atoms with E-state index in [1.54, 1.807) is 0 Å². The zero-order valence-electron chi connectivity index (χ0n) is 11.2. The fraction of sp³-hybridized carbons (Fsp3) is 1.00. The molecule has 3 nitrogen and oxygen atoms in total. The van der Waals surface area contributed by atoms with Gasteiger partial charge in [-0.05, 0) is 51.6 Å². The Balaban J connectivity index is 1.59. The molecule has 0 aromatic heterocycles. The highest BCUT2D eigenvalue weighted by Crippen LogP contribution is 2.27. The van der Waals surface area contributed by atoms with E-state index < -0.39 is 0 Å². The molecule has 1 heterocycles. The summed E-state index contributed by atoms with van der Waals surface area (Å²) < 4.78 is 0. The second kappa shape index (κ2) is 6.72. The Kier molecular flexibility index (Phi) is 5.26. The van der Waals surface area contributed by atoms with Crippen LogP contribution >= 0.6 is 0 Å². The number of aliphatic hydroxyl groups excluding tert-OH is 1. The van der Waals surface area contributed by atoms with Gasteiger partial charge in [0.05, 0.1) is 6.10 Å². The summed E-state index contributed by atoms with van der Waals surface area (Å²) >= 11 is 0. The summed E-state index contributed by atoms with van der Waals surface area (Å²) in [6, 6.07) is 0.575. The van der Waals surface area contributed by atoms with E-state index in [1.165, 1.54) is 51.6 Å². The van der Waals surface area contributed by atoms with Gasteiger partial charge >= 0.3 is 0 Å². The fourth-order valence-corrected chi connectivity index (χ4v) is 3.27. The normalized spacial score (nSPS) is 26.5. The van der Waals surface area contributed by atoms with Crippen molar-refractivity contribution < 1.29 is 5.11 Å². The minimum absolute atomic E-state index is 0.197.